The minimum Gasteiger partial charge on any atom is -0.386 e. The summed E-state index contributed by atoms with van der Waals surface area (Å²) in [7, 11) is 0. The Balaban J connectivity index is 1.75. The van der Waals surface area contributed by atoms with Gasteiger partial charge in [0.2, 0.25) is 0 Å². The number of nitrogens with zero attached hydrogens (tertiary/aromatic N) is 4. The number of amidine groups is 1. The molecule has 0 aliphatic carbocycles. The quantitative estimate of drug-likeness (QED) is 0.263. The van der Waals surface area contributed by atoms with E-state index in [2.05, 4.69) is 20.4 Å². The van der Waals surface area contributed by atoms with Crippen LogP contribution in [0.5, 0.6) is 0 Å². The molecule has 1 aromatic heterocycles. The zero-order valence-electron chi connectivity index (χ0n) is 18.9. The number of carbonyl (C=O) groups is 2. The van der Waals surface area contributed by atoms with Gasteiger partial charge < -0.3 is 11.1 Å². The second-order valence-electron chi connectivity index (χ2n) is 8.20. The average molecular weight is 516 g/mol. The number of alkyl halides is 6. The Labute approximate surface area is 201 Å². The lowest BCUT2D eigenvalue weighted by atomic mass is 9.99. The van der Waals surface area contributed by atoms with Crippen LogP contribution in [0.25, 0.3) is 17.6 Å². The van der Waals surface area contributed by atoms with Crippen molar-refractivity contribution in [3.05, 3.63) is 41.7 Å². The molecule has 36 heavy (non-hydrogen) atoms. The summed E-state index contributed by atoms with van der Waals surface area (Å²) in [6, 6.07) is 1.01. The van der Waals surface area contributed by atoms with Crippen molar-refractivity contribution in [2.45, 2.75) is 32.1 Å². The van der Waals surface area contributed by atoms with Gasteiger partial charge in [0, 0.05) is 24.4 Å². The van der Waals surface area contributed by atoms with Crippen molar-refractivity contribution < 1.29 is 35.9 Å². The molecule has 3 rings (SSSR count). The number of hydrogen-bond acceptors (Lipinski definition) is 5. The van der Waals surface area contributed by atoms with Crippen molar-refractivity contribution >= 4 is 23.7 Å². The topological polar surface area (TPSA) is 115 Å². The lowest BCUT2D eigenvalue weighted by molar-refractivity contribution is -0.143. The Kier molecular flexibility index (Phi) is 7.96. The number of hydrogen-bond donors (Lipinski definition) is 2. The molecule has 1 amide bonds. The monoisotopic (exact) mass is 516 g/mol. The third-order valence-corrected chi connectivity index (χ3v) is 5.50. The van der Waals surface area contributed by atoms with Gasteiger partial charge in [0.15, 0.2) is 11.6 Å². The highest BCUT2D eigenvalue weighted by atomic mass is 19.4. The van der Waals surface area contributed by atoms with Crippen LogP contribution in [0, 0.1) is 11.8 Å². The van der Waals surface area contributed by atoms with E-state index in [9.17, 15) is 35.9 Å². The van der Waals surface area contributed by atoms with Crippen LogP contribution in [0.1, 0.15) is 30.9 Å². The summed E-state index contributed by atoms with van der Waals surface area (Å²) in [5.74, 6) is -2.85. The van der Waals surface area contributed by atoms with E-state index in [1.165, 1.54) is 6.92 Å². The van der Waals surface area contributed by atoms with Gasteiger partial charge in [0.25, 0.3) is 5.91 Å². The predicted molar refractivity (Wildman–Crippen MR) is 117 cm³/mol. The summed E-state index contributed by atoms with van der Waals surface area (Å²) >= 11 is 0. The van der Waals surface area contributed by atoms with E-state index in [-0.39, 0.29) is 17.8 Å². The summed E-state index contributed by atoms with van der Waals surface area (Å²) in [6.07, 6.45) is -5.40. The molecule has 2 aromatic rings. The predicted octanol–water partition coefficient (Wildman–Crippen LogP) is 3.54. The zero-order chi connectivity index (χ0) is 26.7. The molecule has 0 saturated carbocycles. The first kappa shape index (κ1) is 27.0. The van der Waals surface area contributed by atoms with Gasteiger partial charge in [0.1, 0.15) is 12.2 Å². The van der Waals surface area contributed by atoms with Crippen LogP contribution in [0.4, 0.5) is 26.3 Å². The fourth-order valence-electron chi connectivity index (χ4n) is 3.38. The smallest absolute Gasteiger partial charge is 0.386 e. The summed E-state index contributed by atoms with van der Waals surface area (Å²) in [5, 5.41) is 6.90. The van der Waals surface area contributed by atoms with Crippen molar-refractivity contribution in [1.82, 2.24) is 20.1 Å². The standard InChI is InChI=1S/C22H22F6N6O2/c1-12(18(29)32-20(36)13-3-2-5-30-10-13)17(35)4-6-34-11-31-19(33-34)14-7-15(21(23,24)25)9-16(8-14)22(26,27)28/h4,6-9,11-13,30H,2-3,5,10H2,1H3,(H2,29,32,36)/b6-4-. The number of amides is 1. The number of rotatable bonds is 6. The Morgan fingerprint density at radius 2 is 1.81 bits per heavy atom. The number of halogens is 6. The van der Waals surface area contributed by atoms with E-state index >= 15 is 0 Å². The molecule has 14 heteroatoms. The first-order chi connectivity index (χ1) is 16.8. The van der Waals surface area contributed by atoms with Crippen molar-refractivity contribution in [3.63, 3.8) is 0 Å². The normalized spacial score (nSPS) is 18.4. The van der Waals surface area contributed by atoms with Crippen LogP contribution < -0.4 is 11.1 Å². The molecule has 1 aromatic carbocycles. The molecule has 1 aliphatic heterocycles. The van der Waals surface area contributed by atoms with Gasteiger partial charge in [-0.05, 0) is 44.5 Å². The van der Waals surface area contributed by atoms with E-state index in [1.807, 2.05) is 0 Å². The maximum Gasteiger partial charge on any atom is 0.416 e. The second-order valence-corrected chi connectivity index (χ2v) is 8.20. The fraction of sp³-hybridized carbons (Fsp3) is 0.409. The van der Waals surface area contributed by atoms with E-state index in [4.69, 9.17) is 5.73 Å². The lowest BCUT2D eigenvalue weighted by Crippen LogP contribution is -2.35. The minimum absolute atomic E-state index is 0.00192. The highest BCUT2D eigenvalue weighted by Crippen LogP contribution is 2.38. The molecule has 8 nitrogen and oxygen atoms in total. The van der Waals surface area contributed by atoms with Crippen LogP contribution in [0.3, 0.4) is 0 Å². The van der Waals surface area contributed by atoms with Crippen molar-refractivity contribution in [3.8, 4) is 11.4 Å². The largest absolute Gasteiger partial charge is 0.416 e. The molecule has 2 unspecified atom stereocenters. The molecule has 2 atom stereocenters. The number of aliphatic imine (C=N–C) groups is 1. The first-order valence-electron chi connectivity index (χ1n) is 10.8. The maximum absolute atomic E-state index is 13.1. The average Bonchev–Trinajstić information content (AvgIpc) is 3.30. The molecule has 0 radical (unpaired) electrons. The number of nitrogens with one attached hydrogen (secondary N) is 1. The van der Waals surface area contributed by atoms with Gasteiger partial charge in [-0.25, -0.2) is 9.67 Å². The van der Waals surface area contributed by atoms with E-state index < -0.39 is 52.5 Å². The van der Waals surface area contributed by atoms with E-state index in [1.54, 1.807) is 0 Å². The molecular weight excluding hydrogens is 494 g/mol. The molecule has 194 valence electrons. The van der Waals surface area contributed by atoms with E-state index in [0.29, 0.717) is 25.1 Å². The van der Waals surface area contributed by atoms with Crippen LogP contribution in [-0.4, -0.2) is 45.4 Å². The molecule has 2 heterocycles. The number of benzene rings is 1. The van der Waals surface area contributed by atoms with Gasteiger partial charge in [-0.3, -0.25) is 9.59 Å². The number of piperidine rings is 1. The lowest BCUT2D eigenvalue weighted by Gasteiger charge is -2.19. The fourth-order valence-corrected chi connectivity index (χ4v) is 3.38. The SMILES string of the molecule is CC(C(=O)/C=C\n1cnc(-c2cc(C(F)(F)F)cc(C(F)(F)F)c2)n1)C(N)=NC(=O)C1CCCNC1. The minimum atomic E-state index is -5.02. The molecule has 1 fully saturated rings. The van der Waals surface area contributed by atoms with Crippen LogP contribution in [-0.2, 0) is 21.9 Å². The number of allylic oxidation sites excluding steroid dienone is 1. The molecular formula is C22H22F6N6O2. The summed E-state index contributed by atoms with van der Waals surface area (Å²) in [5.41, 5.74) is 2.30. The summed E-state index contributed by atoms with van der Waals surface area (Å²) in [6.45, 7) is 2.72. The zero-order valence-corrected chi connectivity index (χ0v) is 18.9. The third-order valence-electron chi connectivity index (χ3n) is 5.50. The van der Waals surface area contributed by atoms with E-state index in [0.717, 1.165) is 36.3 Å². The van der Waals surface area contributed by atoms with Gasteiger partial charge >= 0.3 is 12.4 Å². The van der Waals surface area contributed by atoms with Crippen LogP contribution in [0.2, 0.25) is 0 Å². The van der Waals surface area contributed by atoms with Gasteiger partial charge in [-0.2, -0.15) is 31.3 Å². The number of aromatic nitrogens is 3. The molecule has 0 spiro atoms. The molecule has 0 bridgehead atoms. The highest BCUT2D eigenvalue weighted by molar-refractivity contribution is 6.11. The Morgan fingerprint density at radius 1 is 1.17 bits per heavy atom. The number of ketones is 1. The first-order valence-corrected chi connectivity index (χ1v) is 10.8. The molecule has 3 N–H and O–H groups in total. The van der Waals surface area contributed by atoms with Crippen LogP contribution >= 0.6 is 0 Å². The second kappa shape index (κ2) is 10.6. The molecule has 1 aliphatic rings. The van der Waals surface area contributed by atoms with Crippen molar-refractivity contribution in [1.29, 1.82) is 0 Å². The number of nitrogens with two attached hydrogens (primary N) is 1. The Morgan fingerprint density at radius 3 is 2.36 bits per heavy atom. The summed E-state index contributed by atoms with van der Waals surface area (Å²) < 4.78 is 79.5. The Bertz CT molecular complexity index is 1150. The van der Waals surface area contributed by atoms with Crippen molar-refractivity contribution in [2.75, 3.05) is 13.1 Å². The van der Waals surface area contributed by atoms with Gasteiger partial charge in [-0.1, -0.05) is 0 Å². The maximum atomic E-state index is 13.1. The number of carbonyl (C=O) groups excluding carboxylic acids is 2. The van der Waals surface area contributed by atoms with Crippen LogP contribution in [0.15, 0.2) is 35.6 Å². The summed E-state index contributed by atoms with van der Waals surface area (Å²) in [4.78, 5) is 32.2. The van der Waals surface area contributed by atoms with Gasteiger partial charge in [-0.15, -0.1) is 5.10 Å². The van der Waals surface area contributed by atoms with Gasteiger partial charge in [0.05, 0.1) is 23.0 Å². The molecule has 1 saturated heterocycles. The highest BCUT2D eigenvalue weighted by Gasteiger charge is 2.37. The third kappa shape index (κ3) is 6.77. The Hall–Kier alpha value is -3.55. The van der Waals surface area contributed by atoms with Crippen molar-refractivity contribution in [2.24, 2.45) is 22.6 Å².